The van der Waals surface area contributed by atoms with E-state index in [1.165, 1.54) is 26.0 Å². The minimum absolute atomic E-state index is 0.0308. The Morgan fingerprint density at radius 1 is 1.30 bits per heavy atom. The van der Waals surface area contributed by atoms with Crippen LogP contribution in [-0.4, -0.2) is 40.2 Å². The zero-order valence-corrected chi connectivity index (χ0v) is 13.6. The number of anilines is 1. The molecule has 0 aliphatic carbocycles. The van der Waals surface area contributed by atoms with Crippen LogP contribution in [0.3, 0.4) is 0 Å². The summed E-state index contributed by atoms with van der Waals surface area (Å²) in [7, 11) is 0. The maximum Gasteiger partial charge on any atom is 0.372 e. The minimum Gasteiger partial charge on any atom is -0.418 e. The van der Waals surface area contributed by atoms with Crippen LogP contribution in [0.5, 0.6) is 5.75 Å². The van der Waals surface area contributed by atoms with Gasteiger partial charge < -0.3 is 20.9 Å². The van der Waals surface area contributed by atoms with Crippen molar-refractivity contribution in [2.45, 2.75) is 26.1 Å². The summed E-state index contributed by atoms with van der Waals surface area (Å²) >= 11 is 0.759. The fourth-order valence-corrected chi connectivity index (χ4v) is 2.31. The molecular weight excluding hydrogens is 322 g/mol. The van der Waals surface area contributed by atoms with Gasteiger partial charge in [0, 0.05) is 18.4 Å². The van der Waals surface area contributed by atoms with E-state index in [1.54, 1.807) is 12.1 Å². The van der Waals surface area contributed by atoms with Crippen molar-refractivity contribution in [3.05, 3.63) is 24.3 Å². The molecule has 2 atom stereocenters. The molecule has 0 bridgehead atoms. The highest BCUT2D eigenvalue weighted by atomic mass is 32.2. The summed E-state index contributed by atoms with van der Waals surface area (Å²) in [5, 5.41) is 13.7. The number of nitrogens with one attached hydrogen (secondary N) is 2. The second-order valence-corrected chi connectivity index (χ2v) is 5.62. The van der Waals surface area contributed by atoms with Crippen LogP contribution in [0.2, 0.25) is 0 Å². The molecule has 126 valence electrons. The lowest BCUT2D eigenvalue weighted by Crippen LogP contribution is -2.47. The highest BCUT2D eigenvalue weighted by Gasteiger charge is 2.19. The van der Waals surface area contributed by atoms with Crippen molar-refractivity contribution >= 4 is 34.6 Å². The van der Waals surface area contributed by atoms with Gasteiger partial charge >= 0.3 is 5.30 Å². The Balaban J connectivity index is 2.49. The van der Waals surface area contributed by atoms with Crippen LogP contribution in [0.25, 0.3) is 0 Å². The van der Waals surface area contributed by atoms with Crippen molar-refractivity contribution in [1.82, 2.24) is 5.32 Å². The summed E-state index contributed by atoms with van der Waals surface area (Å²) < 4.78 is 5.08. The van der Waals surface area contributed by atoms with Gasteiger partial charge in [0.15, 0.2) is 0 Å². The van der Waals surface area contributed by atoms with E-state index in [0.29, 0.717) is 11.4 Å². The first-order valence-electron chi connectivity index (χ1n) is 6.73. The summed E-state index contributed by atoms with van der Waals surface area (Å²) in [6.45, 7) is 2.83. The average molecular weight is 341 g/mol. The van der Waals surface area contributed by atoms with Gasteiger partial charge in [0.05, 0.1) is 6.04 Å². The standard InChI is InChI=1S/C14H19N3O5S/c1-8(18)16-10-3-5-11(6-4-10)22-14(21)23-7-12(13(15)20)17-9(2)19/h3-6,9,12,17,19H,7H2,1-2H3,(H2,15,20)(H,16,18). The van der Waals surface area contributed by atoms with Crippen LogP contribution >= 0.6 is 11.8 Å². The van der Waals surface area contributed by atoms with Crippen molar-refractivity contribution in [3.8, 4) is 5.75 Å². The highest BCUT2D eigenvalue weighted by Crippen LogP contribution is 2.18. The molecule has 2 unspecified atom stereocenters. The smallest absolute Gasteiger partial charge is 0.372 e. The zero-order valence-electron chi connectivity index (χ0n) is 12.7. The second kappa shape index (κ2) is 9.13. The van der Waals surface area contributed by atoms with E-state index in [1.807, 2.05) is 0 Å². The fourth-order valence-electron chi connectivity index (χ4n) is 1.59. The van der Waals surface area contributed by atoms with Gasteiger partial charge in [-0.15, -0.1) is 0 Å². The number of carbonyl (C=O) groups is 3. The van der Waals surface area contributed by atoms with E-state index in [9.17, 15) is 19.5 Å². The van der Waals surface area contributed by atoms with Gasteiger partial charge in [-0.05, 0) is 43.0 Å². The molecule has 0 aliphatic rings. The van der Waals surface area contributed by atoms with Gasteiger partial charge in [0.2, 0.25) is 11.8 Å². The number of hydrogen-bond acceptors (Lipinski definition) is 7. The Hall–Kier alpha value is -2.10. The number of primary amides is 1. The highest BCUT2D eigenvalue weighted by molar-refractivity contribution is 8.13. The van der Waals surface area contributed by atoms with Crippen molar-refractivity contribution in [1.29, 1.82) is 0 Å². The first kappa shape index (κ1) is 18.9. The zero-order chi connectivity index (χ0) is 17.4. The van der Waals surface area contributed by atoms with Crippen LogP contribution in [-0.2, 0) is 9.59 Å². The van der Waals surface area contributed by atoms with Crippen molar-refractivity contribution in [2.24, 2.45) is 5.73 Å². The topological polar surface area (TPSA) is 131 Å². The van der Waals surface area contributed by atoms with Gasteiger partial charge in [0.1, 0.15) is 12.0 Å². The number of thioether (sulfide) groups is 1. The Labute approximate surface area is 137 Å². The predicted octanol–water partition coefficient (Wildman–Crippen LogP) is 0.659. The molecule has 0 fully saturated rings. The van der Waals surface area contributed by atoms with Crippen LogP contribution in [0.15, 0.2) is 24.3 Å². The molecule has 1 aromatic carbocycles. The van der Waals surface area contributed by atoms with Crippen molar-refractivity contribution < 1.29 is 24.2 Å². The maximum atomic E-state index is 11.7. The predicted molar refractivity (Wildman–Crippen MR) is 87.0 cm³/mol. The number of carbonyl (C=O) groups excluding carboxylic acids is 3. The third-order valence-electron chi connectivity index (χ3n) is 2.53. The van der Waals surface area contributed by atoms with E-state index in [4.69, 9.17) is 10.5 Å². The molecule has 0 aromatic heterocycles. The average Bonchev–Trinajstić information content (AvgIpc) is 2.44. The molecule has 0 spiro atoms. The molecule has 5 N–H and O–H groups in total. The lowest BCUT2D eigenvalue weighted by Gasteiger charge is -2.16. The summed E-state index contributed by atoms with van der Waals surface area (Å²) in [6.07, 6.45) is -0.926. The van der Waals surface area contributed by atoms with Crippen LogP contribution in [0, 0.1) is 0 Å². The molecule has 23 heavy (non-hydrogen) atoms. The third kappa shape index (κ3) is 7.63. The Morgan fingerprint density at radius 3 is 2.39 bits per heavy atom. The molecule has 8 nitrogen and oxygen atoms in total. The number of hydrogen-bond donors (Lipinski definition) is 4. The summed E-state index contributed by atoms with van der Waals surface area (Å²) in [4.78, 5) is 33.8. The van der Waals surface area contributed by atoms with Crippen molar-refractivity contribution in [3.63, 3.8) is 0 Å². The first-order chi connectivity index (χ1) is 10.8. The van der Waals surface area contributed by atoms with Gasteiger partial charge in [-0.25, -0.2) is 4.79 Å². The van der Waals surface area contributed by atoms with E-state index < -0.39 is 23.5 Å². The minimum atomic E-state index is -0.926. The quantitative estimate of drug-likeness (QED) is 0.423. The Kier molecular flexibility index (Phi) is 7.52. The molecule has 0 saturated carbocycles. The fraction of sp³-hybridized carbons (Fsp3) is 0.357. The molecule has 0 heterocycles. The van der Waals surface area contributed by atoms with Crippen molar-refractivity contribution in [2.75, 3.05) is 11.1 Å². The largest absolute Gasteiger partial charge is 0.418 e. The molecule has 2 amide bonds. The number of rotatable bonds is 7. The van der Waals surface area contributed by atoms with Gasteiger partial charge in [-0.3, -0.25) is 14.9 Å². The Bertz CT molecular complexity index is 562. The summed E-state index contributed by atoms with van der Waals surface area (Å²) in [5.74, 6) is -0.543. The number of ether oxygens (including phenoxy) is 1. The number of aliphatic hydroxyl groups excluding tert-OH is 1. The Morgan fingerprint density at radius 2 is 1.91 bits per heavy atom. The maximum absolute atomic E-state index is 11.7. The molecule has 1 rings (SSSR count). The van der Waals surface area contributed by atoms with Gasteiger partial charge in [0.25, 0.3) is 0 Å². The second-order valence-electron chi connectivity index (χ2n) is 4.67. The summed E-state index contributed by atoms with van der Waals surface area (Å²) in [6, 6.07) is 5.40. The van der Waals surface area contributed by atoms with Crippen LogP contribution in [0.4, 0.5) is 10.5 Å². The van der Waals surface area contributed by atoms with Crippen LogP contribution < -0.4 is 21.1 Å². The SMILES string of the molecule is CC(=O)Nc1ccc(OC(=O)SCC(NC(C)O)C(N)=O)cc1. The van der Waals surface area contributed by atoms with E-state index in [2.05, 4.69) is 10.6 Å². The molecule has 1 aromatic rings. The number of amides is 2. The van der Waals surface area contributed by atoms with E-state index >= 15 is 0 Å². The van der Waals surface area contributed by atoms with Crippen LogP contribution in [0.1, 0.15) is 13.8 Å². The monoisotopic (exact) mass is 341 g/mol. The first-order valence-corrected chi connectivity index (χ1v) is 7.72. The molecule has 0 saturated heterocycles. The molecular formula is C14H19N3O5S. The molecule has 9 heteroatoms. The van der Waals surface area contributed by atoms with E-state index in [-0.39, 0.29) is 11.7 Å². The lowest BCUT2D eigenvalue weighted by atomic mass is 10.3. The normalized spacial score (nSPS) is 13.0. The summed E-state index contributed by atoms with van der Waals surface area (Å²) in [5.41, 5.74) is 5.75. The number of benzene rings is 1. The third-order valence-corrected chi connectivity index (χ3v) is 3.35. The lowest BCUT2D eigenvalue weighted by molar-refractivity contribution is -0.120. The molecule has 0 radical (unpaired) electrons. The van der Waals surface area contributed by atoms with Gasteiger partial charge in [-0.1, -0.05) is 0 Å². The molecule has 0 aliphatic heterocycles. The number of aliphatic hydroxyl groups is 1. The number of nitrogens with two attached hydrogens (primary N) is 1. The van der Waals surface area contributed by atoms with E-state index in [0.717, 1.165) is 11.8 Å². The van der Waals surface area contributed by atoms with Gasteiger partial charge in [-0.2, -0.15) is 0 Å².